The predicted octanol–water partition coefficient (Wildman–Crippen LogP) is 5.49. The SMILES string of the molecule is Clc1ccc2c(N/N=C/c3ccc4ccccc4c3)ccnc2c1. The molecule has 0 unspecified atom stereocenters. The largest absolute Gasteiger partial charge is 0.278 e. The molecular weight excluding hydrogens is 318 g/mol. The molecule has 0 aliphatic heterocycles. The van der Waals surface area contributed by atoms with E-state index in [1.807, 2.05) is 42.6 Å². The standard InChI is InChI=1S/C20H14ClN3/c21-17-7-8-18-19(9-10-22-20(18)12-17)24-23-13-14-5-6-15-3-1-2-4-16(15)11-14/h1-13H,(H,22,24)/b23-13+. The zero-order chi connectivity index (χ0) is 16.4. The lowest BCUT2D eigenvalue weighted by atomic mass is 10.1. The third kappa shape index (κ3) is 2.94. The van der Waals surface area contributed by atoms with Gasteiger partial charge in [0.15, 0.2) is 0 Å². The molecule has 1 aromatic heterocycles. The Labute approximate surface area is 144 Å². The predicted molar refractivity (Wildman–Crippen MR) is 102 cm³/mol. The maximum atomic E-state index is 6.01. The second kappa shape index (κ2) is 6.30. The van der Waals surface area contributed by atoms with Crippen LogP contribution in [0.5, 0.6) is 0 Å². The van der Waals surface area contributed by atoms with Gasteiger partial charge in [-0.1, -0.05) is 48.0 Å². The minimum atomic E-state index is 0.673. The van der Waals surface area contributed by atoms with Crippen molar-refractivity contribution in [3.63, 3.8) is 0 Å². The molecule has 0 aliphatic carbocycles. The zero-order valence-electron chi connectivity index (χ0n) is 12.8. The molecule has 0 fully saturated rings. The summed E-state index contributed by atoms with van der Waals surface area (Å²) in [5.74, 6) is 0. The van der Waals surface area contributed by atoms with Gasteiger partial charge in [0.05, 0.1) is 17.4 Å². The number of fused-ring (bicyclic) bond motifs is 2. The molecule has 0 saturated carbocycles. The Morgan fingerprint density at radius 1 is 0.917 bits per heavy atom. The molecule has 0 aliphatic rings. The van der Waals surface area contributed by atoms with Crippen molar-refractivity contribution < 1.29 is 0 Å². The molecule has 0 atom stereocenters. The van der Waals surface area contributed by atoms with E-state index in [1.165, 1.54) is 10.8 Å². The summed E-state index contributed by atoms with van der Waals surface area (Å²) in [5, 5.41) is 8.43. The topological polar surface area (TPSA) is 37.3 Å². The molecule has 0 amide bonds. The third-order valence-electron chi connectivity index (χ3n) is 3.88. The van der Waals surface area contributed by atoms with E-state index in [9.17, 15) is 0 Å². The van der Waals surface area contributed by atoms with E-state index in [0.29, 0.717) is 5.02 Å². The van der Waals surface area contributed by atoms with Crippen molar-refractivity contribution in [1.82, 2.24) is 4.98 Å². The van der Waals surface area contributed by atoms with E-state index >= 15 is 0 Å². The molecule has 1 heterocycles. The fourth-order valence-corrected chi connectivity index (χ4v) is 2.85. The number of anilines is 1. The highest BCUT2D eigenvalue weighted by molar-refractivity contribution is 6.31. The lowest BCUT2D eigenvalue weighted by molar-refractivity contribution is 1.33. The average Bonchev–Trinajstić information content (AvgIpc) is 2.61. The van der Waals surface area contributed by atoms with Crippen molar-refractivity contribution in [2.45, 2.75) is 0 Å². The van der Waals surface area contributed by atoms with Gasteiger partial charge in [-0.15, -0.1) is 0 Å². The van der Waals surface area contributed by atoms with Crippen LogP contribution in [0, 0.1) is 0 Å². The monoisotopic (exact) mass is 331 g/mol. The minimum absolute atomic E-state index is 0.673. The summed E-state index contributed by atoms with van der Waals surface area (Å²) in [6.07, 6.45) is 3.56. The number of hydrazone groups is 1. The van der Waals surface area contributed by atoms with E-state index in [0.717, 1.165) is 22.2 Å². The van der Waals surface area contributed by atoms with Crippen LogP contribution >= 0.6 is 11.6 Å². The summed E-state index contributed by atoms with van der Waals surface area (Å²) >= 11 is 6.01. The summed E-state index contributed by atoms with van der Waals surface area (Å²) in [5.41, 5.74) is 5.87. The molecule has 4 aromatic rings. The van der Waals surface area contributed by atoms with Gasteiger partial charge in [-0.05, 0) is 46.7 Å². The van der Waals surface area contributed by atoms with Crippen molar-refractivity contribution in [3.05, 3.63) is 83.5 Å². The van der Waals surface area contributed by atoms with Crippen LogP contribution in [0.1, 0.15) is 5.56 Å². The van der Waals surface area contributed by atoms with Gasteiger partial charge in [0, 0.05) is 16.6 Å². The molecule has 116 valence electrons. The van der Waals surface area contributed by atoms with Crippen LogP contribution in [0.25, 0.3) is 21.7 Å². The number of aromatic nitrogens is 1. The molecule has 0 bridgehead atoms. The van der Waals surface area contributed by atoms with Gasteiger partial charge in [0.2, 0.25) is 0 Å². The zero-order valence-corrected chi connectivity index (χ0v) is 13.5. The Balaban J connectivity index is 1.60. The van der Waals surface area contributed by atoms with Crippen molar-refractivity contribution in [2.24, 2.45) is 5.10 Å². The summed E-state index contributed by atoms with van der Waals surface area (Å²) in [7, 11) is 0. The summed E-state index contributed by atoms with van der Waals surface area (Å²) < 4.78 is 0. The van der Waals surface area contributed by atoms with Crippen LogP contribution in [0.15, 0.2) is 78.0 Å². The van der Waals surface area contributed by atoms with Gasteiger partial charge in [-0.2, -0.15) is 5.10 Å². The van der Waals surface area contributed by atoms with Crippen LogP contribution in [-0.2, 0) is 0 Å². The molecule has 0 spiro atoms. The highest BCUT2D eigenvalue weighted by Crippen LogP contribution is 2.24. The number of benzene rings is 3. The smallest absolute Gasteiger partial charge is 0.0738 e. The van der Waals surface area contributed by atoms with Crippen LogP contribution < -0.4 is 5.43 Å². The molecule has 3 nitrogen and oxygen atoms in total. The molecule has 0 radical (unpaired) electrons. The van der Waals surface area contributed by atoms with E-state index in [2.05, 4.69) is 45.8 Å². The van der Waals surface area contributed by atoms with Gasteiger partial charge in [-0.25, -0.2) is 0 Å². The lowest BCUT2D eigenvalue weighted by Gasteiger charge is -2.05. The van der Waals surface area contributed by atoms with Crippen LogP contribution in [0.2, 0.25) is 5.02 Å². The first-order chi connectivity index (χ1) is 11.8. The Morgan fingerprint density at radius 2 is 1.79 bits per heavy atom. The maximum absolute atomic E-state index is 6.01. The number of pyridine rings is 1. The van der Waals surface area contributed by atoms with Gasteiger partial charge in [0.25, 0.3) is 0 Å². The van der Waals surface area contributed by atoms with E-state index < -0.39 is 0 Å². The normalized spacial score (nSPS) is 11.4. The molecule has 1 N–H and O–H groups in total. The Bertz CT molecular complexity index is 1060. The Morgan fingerprint density at radius 3 is 2.71 bits per heavy atom. The number of nitrogens with one attached hydrogen (secondary N) is 1. The molecule has 4 rings (SSSR count). The molecule has 24 heavy (non-hydrogen) atoms. The van der Waals surface area contributed by atoms with Gasteiger partial charge >= 0.3 is 0 Å². The van der Waals surface area contributed by atoms with E-state index in [4.69, 9.17) is 11.6 Å². The highest BCUT2D eigenvalue weighted by atomic mass is 35.5. The Kier molecular flexibility index (Phi) is 3.85. The molecule has 4 heteroatoms. The van der Waals surface area contributed by atoms with Crippen molar-refractivity contribution in [3.8, 4) is 0 Å². The van der Waals surface area contributed by atoms with Crippen molar-refractivity contribution in [1.29, 1.82) is 0 Å². The number of nitrogens with zero attached hydrogens (tertiary/aromatic N) is 2. The fourth-order valence-electron chi connectivity index (χ4n) is 2.68. The third-order valence-corrected chi connectivity index (χ3v) is 4.11. The first-order valence-electron chi connectivity index (χ1n) is 7.62. The lowest BCUT2D eigenvalue weighted by Crippen LogP contribution is -1.93. The Hall–Kier alpha value is -2.91. The quantitative estimate of drug-likeness (QED) is 0.398. The highest BCUT2D eigenvalue weighted by Gasteiger charge is 2.01. The summed E-state index contributed by atoms with van der Waals surface area (Å²) in [6.45, 7) is 0. The number of rotatable bonds is 3. The van der Waals surface area contributed by atoms with Crippen LogP contribution in [0.4, 0.5) is 5.69 Å². The average molecular weight is 332 g/mol. The van der Waals surface area contributed by atoms with E-state index in [-0.39, 0.29) is 0 Å². The maximum Gasteiger partial charge on any atom is 0.0738 e. The van der Waals surface area contributed by atoms with Crippen molar-refractivity contribution in [2.75, 3.05) is 5.43 Å². The number of halogens is 1. The van der Waals surface area contributed by atoms with E-state index in [1.54, 1.807) is 6.20 Å². The van der Waals surface area contributed by atoms with Gasteiger partial charge in [-0.3, -0.25) is 10.4 Å². The molecule has 3 aromatic carbocycles. The number of hydrogen-bond donors (Lipinski definition) is 1. The first-order valence-corrected chi connectivity index (χ1v) is 7.99. The second-order valence-corrected chi connectivity index (χ2v) is 5.93. The first kappa shape index (κ1) is 14.7. The van der Waals surface area contributed by atoms with Gasteiger partial charge < -0.3 is 0 Å². The second-order valence-electron chi connectivity index (χ2n) is 5.50. The molecule has 0 saturated heterocycles. The summed E-state index contributed by atoms with van der Waals surface area (Å²) in [4.78, 5) is 4.33. The minimum Gasteiger partial charge on any atom is -0.278 e. The molecular formula is C20H14ClN3. The van der Waals surface area contributed by atoms with Crippen LogP contribution in [0.3, 0.4) is 0 Å². The number of hydrogen-bond acceptors (Lipinski definition) is 3. The van der Waals surface area contributed by atoms with Crippen molar-refractivity contribution >= 4 is 45.2 Å². The fraction of sp³-hybridized carbons (Fsp3) is 0. The van der Waals surface area contributed by atoms with Gasteiger partial charge in [0.1, 0.15) is 0 Å². The summed E-state index contributed by atoms with van der Waals surface area (Å²) in [6, 6.07) is 22.1. The van der Waals surface area contributed by atoms with Crippen LogP contribution in [-0.4, -0.2) is 11.2 Å².